The summed E-state index contributed by atoms with van der Waals surface area (Å²) in [7, 11) is -4.28. The first-order chi connectivity index (χ1) is 5.06. The lowest BCUT2D eigenvalue weighted by Crippen LogP contribution is -1.89. The van der Waals surface area contributed by atoms with E-state index in [9.17, 15) is 13.2 Å². The third-order valence-electron chi connectivity index (χ3n) is 0.649. The number of rotatable bonds is 4. The monoisotopic (exact) mass is 177 g/mol. The summed E-state index contributed by atoms with van der Waals surface area (Å²) in [5, 5.41) is 0. The Bertz CT molecular complexity index is 264. The molecule has 0 saturated heterocycles. The second-order valence-electron chi connectivity index (χ2n) is 1.53. The molecule has 0 aliphatic heterocycles. The maximum absolute atomic E-state index is 9.92. The Labute approximate surface area is 64.3 Å². The molecular formula is C5H7NO4S. The second kappa shape index (κ2) is 4.75. The molecule has 5 nitrogen and oxygen atoms in total. The third-order valence-corrected chi connectivity index (χ3v) is 1.04. The first-order valence-corrected chi connectivity index (χ1v) is 4.07. The molecule has 0 aromatic rings. The highest BCUT2D eigenvalue weighted by Gasteiger charge is 1.92. The molecule has 0 heterocycles. The van der Waals surface area contributed by atoms with Crippen LogP contribution in [0.1, 0.15) is 6.42 Å². The molecule has 0 atom stereocenters. The van der Waals surface area contributed by atoms with Crippen molar-refractivity contribution in [2.75, 3.05) is 0 Å². The van der Waals surface area contributed by atoms with E-state index in [0.717, 1.165) is 6.21 Å². The van der Waals surface area contributed by atoms with E-state index >= 15 is 0 Å². The molecule has 0 unspecified atom stereocenters. The van der Waals surface area contributed by atoms with Crippen molar-refractivity contribution in [2.24, 2.45) is 4.40 Å². The maximum Gasteiger partial charge on any atom is 0.378 e. The van der Waals surface area contributed by atoms with E-state index in [1.807, 2.05) is 0 Å². The fourth-order valence-electron chi connectivity index (χ4n) is 0.307. The van der Waals surface area contributed by atoms with Crippen molar-refractivity contribution in [2.45, 2.75) is 6.42 Å². The molecule has 0 radical (unpaired) electrons. The van der Waals surface area contributed by atoms with Gasteiger partial charge in [-0.2, -0.15) is 8.42 Å². The molecule has 0 aromatic heterocycles. The molecular weight excluding hydrogens is 170 g/mol. The van der Waals surface area contributed by atoms with Crippen LogP contribution in [0.4, 0.5) is 0 Å². The summed E-state index contributed by atoms with van der Waals surface area (Å²) in [5.74, 6) is 0. The van der Waals surface area contributed by atoms with Crippen LogP contribution in [0.25, 0.3) is 0 Å². The molecule has 0 aliphatic carbocycles. The summed E-state index contributed by atoms with van der Waals surface area (Å²) in [6.07, 6.45) is 4.39. The summed E-state index contributed by atoms with van der Waals surface area (Å²) in [4.78, 5) is 9.70. The van der Waals surface area contributed by atoms with Gasteiger partial charge in [0.05, 0.1) is 0 Å². The quantitative estimate of drug-likeness (QED) is 0.372. The Morgan fingerprint density at radius 2 is 2.09 bits per heavy atom. The topological polar surface area (TPSA) is 83.8 Å². The molecule has 0 aliphatic rings. The van der Waals surface area contributed by atoms with Crippen molar-refractivity contribution >= 4 is 22.8 Å². The van der Waals surface area contributed by atoms with Gasteiger partial charge in [0.15, 0.2) is 0 Å². The second-order valence-corrected chi connectivity index (χ2v) is 2.64. The fraction of sp³-hybridized carbons (Fsp3) is 0.200. The van der Waals surface area contributed by atoms with Crippen molar-refractivity contribution in [3.8, 4) is 0 Å². The average Bonchev–Trinajstić information content (AvgIpc) is 1.85. The number of carbonyl (C=O) groups excluding carboxylic acids is 1. The molecule has 0 amide bonds. The van der Waals surface area contributed by atoms with E-state index in [1.54, 1.807) is 0 Å². The number of hydrogen-bond acceptors (Lipinski definition) is 3. The highest BCUT2D eigenvalue weighted by atomic mass is 32.2. The molecule has 6 heteroatoms. The molecule has 0 rings (SSSR count). The number of aldehydes is 1. The highest BCUT2D eigenvalue weighted by Crippen LogP contribution is 1.81. The van der Waals surface area contributed by atoms with Crippen LogP contribution < -0.4 is 0 Å². The zero-order chi connectivity index (χ0) is 8.74. The lowest BCUT2D eigenvalue weighted by atomic mass is 10.4. The van der Waals surface area contributed by atoms with Crippen molar-refractivity contribution in [3.63, 3.8) is 0 Å². The van der Waals surface area contributed by atoms with Gasteiger partial charge in [-0.3, -0.25) is 4.55 Å². The van der Waals surface area contributed by atoms with Gasteiger partial charge in [0.25, 0.3) is 0 Å². The van der Waals surface area contributed by atoms with Crippen molar-refractivity contribution in [1.82, 2.24) is 0 Å². The number of hydrogen-bond donors (Lipinski definition) is 1. The van der Waals surface area contributed by atoms with Crippen LogP contribution in [0.3, 0.4) is 0 Å². The molecule has 0 aromatic carbocycles. The summed E-state index contributed by atoms with van der Waals surface area (Å²) >= 11 is 0. The lowest BCUT2D eigenvalue weighted by molar-refractivity contribution is -0.107. The molecule has 0 bridgehead atoms. The molecule has 0 spiro atoms. The molecule has 11 heavy (non-hydrogen) atoms. The normalized spacial score (nSPS) is 12.8. The number of carbonyl (C=O) groups is 1. The van der Waals surface area contributed by atoms with Gasteiger partial charge in [-0.15, -0.1) is 4.40 Å². The minimum absolute atomic E-state index is 0.192. The van der Waals surface area contributed by atoms with Gasteiger partial charge >= 0.3 is 10.3 Å². The molecule has 0 fully saturated rings. The Morgan fingerprint density at radius 1 is 1.45 bits per heavy atom. The SMILES string of the molecule is O=CC/C=C/C=N/S(=O)(=O)O. The number of allylic oxidation sites excluding steroid dienone is 2. The lowest BCUT2D eigenvalue weighted by Gasteiger charge is -1.79. The fourth-order valence-corrected chi connectivity index (χ4v) is 0.531. The standard InChI is InChI=1S/C5H7NO4S/c7-5-3-1-2-4-6-11(8,9)10/h1-2,4-5H,3H2,(H,8,9,10)/b2-1+,6-4+. The van der Waals surface area contributed by atoms with Crippen molar-refractivity contribution < 1.29 is 17.8 Å². The van der Waals surface area contributed by atoms with E-state index in [1.165, 1.54) is 12.2 Å². The third kappa shape index (κ3) is 8.99. The van der Waals surface area contributed by atoms with Gasteiger partial charge in [-0.05, 0) is 6.08 Å². The highest BCUT2D eigenvalue weighted by molar-refractivity contribution is 7.84. The molecule has 1 N–H and O–H groups in total. The summed E-state index contributed by atoms with van der Waals surface area (Å²) in [6.45, 7) is 0. The summed E-state index contributed by atoms with van der Waals surface area (Å²) in [6, 6.07) is 0. The van der Waals surface area contributed by atoms with Crippen LogP contribution >= 0.6 is 0 Å². The minimum Gasteiger partial charge on any atom is -0.303 e. The first-order valence-electron chi connectivity index (χ1n) is 2.68. The number of nitrogens with zero attached hydrogens (tertiary/aromatic N) is 1. The van der Waals surface area contributed by atoms with Gasteiger partial charge < -0.3 is 4.79 Å². The van der Waals surface area contributed by atoms with Crippen LogP contribution in [0, 0.1) is 0 Å². The van der Waals surface area contributed by atoms with Crippen LogP contribution in [-0.2, 0) is 15.1 Å². The zero-order valence-corrected chi connectivity index (χ0v) is 6.36. The Kier molecular flexibility index (Phi) is 4.32. The van der Waals surface area contributed by atoms with Crippen LogP contribution in [-0.4, -0.2) is 25.5 Å². The van der Waals surface area contributed by atoms with Crippen LogP contribution in [0.5, 0.6) is 0 Å². The van der Waals surface area contributed by atoms with Gasteiger partial charge in [0, 0.05) is 12.6 Å². The Balaban J connectivity index is 3.88. The minimum atomic E-state index is -4.28. The maximum atomic E-state index is 9.92. The zero-order valence-electron chi connectivity index (χ0n) is 5.54. The molecule has 0 saturated carbocycles. The van der Waals surface area contributed by atoms with Crippen LogP contribution in [0.2, 0.25) is 0 Å². The van der Waals surface area contributed by atoms with Gasteiger partial charge in [0.1, 0.15) is 6.29 Å². The van der Waals surface area contributed by atoms with Gasteiger partial charge in [-0.1, -0.05) is 6.08 Å². The summed E-state index contributed by atoms with van der Waals surface area (Å²) in [5.41, 5.74) is 0. The van der Waals surface area contributed by atoms with E-state index in [-0.39, 0.29) is 6.42 Å². The van der Waals surface area contributed by atoms with Crippen LogP contribution in [0.15, 0.2) is 16.5 Å². The predicted octanol–water partition coefficient (Wildman–Crippen LogP) is 0.00520. The Hall–Kier alpha value is -1.01. The van der Waals surface area contributed by atoms with Crippen molar-refractivity contribution in [3.05, 3.63) is 12.2 Å². The Morgan fingerprint density at radius 3 is 2.55 bits per heavy atom. The van der Waals surface area contributed by atoms with E-state index in [2.05, 4.69) is 4.40 Å². The van der Waals surface area contributed by atoms with Gasteiger partial charge in [0.2, 0.25) is 0 Å². The largest absolute Gasteiger partial charge is 0.378 e. The van der Waals surface area contributed by atoms with Gasteiger partial charge in [-0.25, -0.2) is 0 Å². The average molecular weight is 177 g/mol. The van der Waals surface area contributed by atoms with E-state index < -0.39 is 10.3 Å². The molecule has 62 valence electrons. The first kappa shape index (κ1) is 9.99. The van der Waals surface area contributed by atoms with Crippen molar-refractivity contribution in [1.29, 1.82) is 0 Å². The van der Waals surface area contributed by atoms with E-state index in [0.29, 0.717) is 6.29 Å². The predicted molar refractivity (Wildman–Crippen MR) is 39.9 cm³/mol. The smallest absolute Gasteiger partial charge is 0.303 e. The van der Waals surface area contributed by atoms with E-state index in [4.69, 9.17) is 4.55 Å². The summed E-state index contributed by atoms with van der Waals surface area (Å²) < 4.78 is 30.6.